The monoisotopic (exact) mass is 272 g/mol. The summed E-state index contributed by atoms with van der Waals surface area (Å²) in [4.78, 5) is 15.7. The number of carbonyl (C=O) groups is 1. The second-order valence-corrected chi connectivity index (χ2v) is 5.13. The molecule has 6 heteroatoms. The Morgan fingerprint density at radius 3 is 2.79 bits per heavy atom. The van der Waals surface area contributed by atoms with Crippen molar-refractivity contribution in [2.45, 2.75) is 25.5 Å². The summed E-state index contributed by atoms with van der Waals surface area (Å²) in [6.45, 7) is 8.27. The number of hydrogen-bond acceptors (Lipinski definition) is 5. The van der Waals surface area contributed by atoms with Gasteiger partial charge in [-0.1, -0.05) is 0 Å². The van der Waals surface area contributed by atoms with E-state index in [4.69, 9.17) is 14.6 Å². The lowest BCUT2D eigenvalue weighted by atomic mass is 10.2. The Morgan fingerprint density at radius 2 is 2.16 bits per heavy atom. The number of aliphatic carboxylic acids is 1. The fourth-order valence-corrected chi connectivity index (χ4v) is 2.86. The number of carboxylic acid groups (broad SMARTS) is 1. The van der Waals surface area contributed by atoms with Gasteiger partial charge in [0.25, 0.3) is 0 Å². The lowest BCUT2D eigenvalue weighted by molar-refractivity contribution is -0.151. The van der Waals surface area contributed by atoms with Crippen LogP contribution in [0.15, 0.2) is 0 Å². The van der Waals surface area contributed by atoms with Gasteiger partial charge in [0.15, 0.2) is 6.10 Å². The van der Waals surface area contributed by atoms with Crippen LogP contribution in [-0.4, -0.2) is 85.6 Å². The van der Waals surface area contributed by atoms with Crippen molar-refractivity contribution in [2.75, 3.05) is 52.5 Å². The third-order valence-electron chi connectivity index (χ3n) is 3.88. The van der Waals surface area contributed by atoms with Crippen LogP contribution in [0.4, 0.5) is 0 Å². The van der Waals surface area contributed by atoms with Crippen LogP contribution in [0.2, 0.25) is 0 Å². The van der Waals surface area contributed by atoms with Crippen LogP contribution in [0.1, 0.15) is 13.3 Å². The molecule has 2 saturated heterocycles. The summed E-state index contributed by atoms with van der Waals surface area (Å²) in [6, 6.07) is 0.542. The maximum absolute atomic E-state index is 11.1. The topological polar surface area (TPSA) is 62.2 Å². The molecule has 0 aliphatic carbocycles. The Bertz CT molecular complexity index is 294. The normalized spacial score (nSPS) is 27.5. The van der Waals surface area contributed by atoms with Gasteiger partial charge in [0.2, 0.25) is 0 Å². The summed E-state index contributed by atoms with van der Waals surface area (Å²) in [6.07, 6.45) is 0.409. The van der Waals surface area contributed by atoms with Crippen LogP contribution >= 0.6 is 0 Å². The first-order chi connectivity index (χ1) is 9.20. The molecule has 2 rings (SSSR count). The molecule has 0 spiro atoms. The fourth-order valence-electron chi connectivity index (χ4n) is 2.86. The van der Waals surface area contributed by atoms with Crippen LogP contribution in [0.25, 0.3) is 0 Å². The molecule has 0 aromatic carbocycles. The van der Waals surface area contributed by atoms with Gasteiger partial charge < -0.3 is 14.6 Å². The van der Waals surface area contributed by atoms with E-state index >= 15 is 0 Å². The van der Waals surface area contributed by atoms with Gasteiger partial charge in [-0.15, -0.1) is 0 Å². The number of likely N-dealkylation sites (tertiary alicyclic amines) is 1. The second kappa shape index (κ2) is 7.19. The first kappa shape index (κ1) is 14.7. The third kappa shape index (κ3) is 4.14. The molecule has 2 aliphatic rings. The summed E-state index contributed by atoms with van der Waals surface area (Å²) < 4.78 is 10.6. The summed E-state index contributed by atoms with van der Waals surface area (Å²) in [5.74, 6) is -0.864. The van der Waals surface area contributed by atoms with E-state index in [1.54, 1.807) is 0 Å². The van der Waals surface area contributed by atoms with E-state index in [9.17, 15) is 4.79 Å². The SMILES string of the molecule is CCOC(CN1CCC(N2CCOCC2)C1)C(=O)O. The molecule has 2 aliphatic heterocycles. The van der Waals surface area contributed by atoms with Crippen LogP contribution in [-0.2, 0) is 14.3 Å². The van der Waals surface area contributed by atoms with E-state index < -0.39 is 12.1 Å². The van der Waals surface area contributed by atoms with E-state index in [1.165, 1.54) is 0 Å². The van der Waals surface area contributed by atoms with Crippen molar-refractivity contribution in [3.8, 4) is 0 Å². The zero-order valence-electron chi connectivity index (χ0n) is 11.6. The van der Waals surface area contributed by atoms with Crippen LogP contribution in [0.5, 0.6) is 0 Å². The third-order valence-corrected chi connectivity index (χ3v) is 3.88. The smallest absolute Gasteiger partial charge is 0.334 e. The molecule has 0 saturated carbocycles. The van der Waals surface area contributed by atoms with Crippen LogP contribution < -0.4 is 0 Å². The van der Waals surface area contributed by atoms with Gasteiger partial charge in [-0.05, 0) is 19.9 Å². The zero-order chi connectivity index (χ0) is 13.7. The first-order valence-electron chi connectivity index (χ1n) is 7.09. The number of rotatable bonds is 6. The summed E-state index contributed by atoms with van der Waals surface area (Å²) in [5, 5.41) is 9.10. The summed E-state index contributed by atoms with van der Waals surface area (Å²) >= 11 is 0. The Balaban J connectivity index is 1.78. The molecule has 0 bridgehead atoms. The average Bonchev–Trinajstić information content (AvgIpc) is 2.88. The molecular weight excluding hydrogens is 248 g/mol. The molecule has 2 heterocycles. The maximum atomic E-state index is 11.1. The largest absolute Gasteiger partial charge is 0.479 e. The minimum atomic E-state index is -0.864. The van der Waals surface area contributed by atoms with Crippen LogP contribution in [0.3, 0.4) is 0 Å². The molecule has 110 valence electrons. The molecule has 6 nitrogen and oxygen atoms in total. The quantitative estimate of drug-likeness (QED) is 0.727. The predicted molar refractivity (Wildman–Crippen MR) is 70.3 cm³/mol. The van der Waals surface area contributed by atoms with Gasteiger partial charge in [-0.3, -0.25) is 9.80 Å². The van der Waals surface area contributed by atoms with Crippen LogP contribution in [0, 0.1) is 0 Å². The number of morpholine rings is 1. The van der Waals surface area contributed by atoms with Crippen molar-refractivity contribution in [3.05, 3.63) is 0 Å². The lowest BCUT2D eigenvalue weighted by Crippen LogP contribution is -2.45. The van der Waals surface area contributed by atoms with E-state index in [2.05, 4.69) is 9.80 Å². The summed E-state index contributed by atoms with van der Waals surface area (Å²) in [7, 11) is 0. The molecule has 2 atom stereocenters. The summed E-state index contributed by atoms with van der Waals surface area (Å²) in [5.41, 5.74) is 0. The minimum Gasteiger partial charge on any atom is -0.479 e. The predicted octanol–water partition coefficient (Wildman–Crippen LogP) is -0.117. The first-order valence-corrected chi connectivity index (χ1v) is 7.09. The molecule has 19 heavy (non-hydrogen) atoms. The van der Waals surface area contributed by atoms with Crippen molar-refractivity contribution < 1.29 is 19.4 Å². The van der Waals surface area contributed by atoms with E-state index in [1.807, 2.05) is 6.92 Å². The Labute approximate surface area is 114 Å². The molecular formula is C13H24N2O4. The van der Waals surface area contributed by atoms with Gasteiger partial charge in [-0.25, -0.2) is 4.79 Å². The highest BCUT2D eigenvalue weighted by Gasteiger charge is 2.31. The van der Waals surface area contributed by atoms with Gasteiger partial charge in [0, 0.05) is 38.8 Å². The van der Waals surface area contributed by atoms with Crippen molar-refractivity contribution in [1.29, 1.82) is 0 Å². The maximum Gasteiger partial charge on any atom is 0.334 e. The number of nitrogens with zero attached hydrogens (tertiary/aromatic N) is 2. The van der Waals surface area contributed by atoms with Gasteiger partial charge in [0.05, 0.1) is 13.2 Å². The second-order valence-electron chi connectivity index (χ2n) is 5.13. The molecule has 0 amide bonds. The Hall–Kier alpha value is -0.690. The van der Waals surface area contributed by atoms with Crippen molar-refractivity contribution in [1.82, 2.24) is 9.80 Å². The molecule has 1 N–H and O–H groups in total. The fraction of sp³-hybridized carbons (Fsp3) is 0.923. The van der Waals surface area contributed by atoms with E-state index in [0.717, 1.165) is 45.8 Å². The molecule has 2 unspecified atom stereocenters. The van der Waals surface area contributed by atoms with Crippen molar-refractivity contribution in [2.24, 2.45) is 0 Å². The molecule has 0 radical (unpaired) electrons. The standard InChI is InChI=1S/C13H24N2O4/c1-2-19-12(13(16)17)10-14-4-3-11(9-14)15-5-7-18-8-6-15/h11-12H,2-10H2,1H3,(H,16,17). The van der Waals surface area contributed by atoms with Crippen molar-refractivity contribution >= 4 is 5.97 Å². The van der Waals surface area contributed by atoms with Gasteiger partial charge in [-0.2, -0.15) is 0 Å². The molecule has 0 aromatic heterocycles. The van der Waals surface area contributed by atoms with Gasteiger partial charge in [0.1, 0.15) is 0 Å². The highest BCUT2D eigenvalue weighted by atomic mass is 16.5. The lowest BCUT2D eigenvalue weighted by Gasteiger charge is -2.32. The number of ether oxygens (including phenoxy) is 2. The number of carboxylic acids is 1. The highest BCUT2D eigenvalue weighted by molar-refractivity contribution is 5.72. The minimum absolute atomic E-state index is 0.442. The van der Waals surface area contributed by atoms with Gasteiger partial charge >= 0.3 is 5.97 Å². The average molecular weight is 272 g/mol. The zero-order valence-corrected chi connectivity index (χ0v) is 11.6. The highest BCUT2D eigenvalue weighted by Crippen LogP contribution is 2.17. The Kier molecular flexibility index (Phi) is 5.57. The molecule has 0 aromatic rings. The van der Waals surface area contributed by atoms with E-state index in [0.29, 0.717) is 19.2 Å². The van der Waals surface area contributed by atoms with E-state index in [-0.39, 0.29) is 0 Å². The number of hydrogen-bond donors (Lipinski definition) is 1. The Morgan fingerprint density at radius 1 is 1.42 bits per heavy atom. The molecule has 2 fully saturated rings. The van der Waals surface area contributed by atoms with Crippen molar-refractivity contribution in [3.63, 3.8) is 0 Å².